The Bertz CT molecular complexity index is 537. The molecule has 0 fully saturated rings. The number of nitrogens with two attached hydrogens (primary N) is 1. The van der Waals surface area contributed by atoms with Crippen molar-refractivity contribution >= 4 is 35.0 Å². The molecule has 3 N–H and O–H groups in total. The van der Waals surface area contributed by atoms with Gasteiger partial charge in [-0.3, -0.25) is 10.2 Å². The highest BCUT2D eigenvalue weighted by Gasteiger charge is 2.17. The van der Waals surface area contributed by atoms with E-state index in [4.69, 9.17) is 39.1 Å². The molecule has 0 heterocycles. The Morgan fingerprint density at radius 1 is 1.30 bits per heavy atom. The molecule has 0 aromatic heterocycles. The van der Waals surface area contributed by atoms with Crippen molar-refractivity contribution in [2.24, 2.45) is 5.73 Å². The number of benzene rings is 1. The molecule has 0 spiro atoms. The van der Waals surface area contributed by atoms with Gasteiger partial charge < -0.3 is 10.5 Å². The first-order chi connectivity index (χ1) is 9.10. The molecule has 0 atom stereocenters. The van der Waals surface area contributed by atoms with Crippen LogP contribution in [0.4, 0.5) is 0 Å². The molecule has 0 bridgehead atoms. The van der Waals surface area contributed by atoms with E-state index in [0.717, 1.165) is 5.56 Å². The Hall–Kier alpha value is -1.26. The Labute approximate surface area is 128 Å². The van der Waals surface area contributed by atoms with Gasteiger partial charge in [0.15, 0.2) is 0 Å². The lowest BCUT2D eigenvalue weighted by Crippen LogP contribution is -2.24. The summed E-state index contributed by atoms with van der Waals surface area (Å²) >= 11 is 12.1. The molecular formula is C14H18Cl2N2O2. The molecular weight excluding hydrogens is 299 g/mol. The first-order valence-corrected chi connectivity index (χ1v) is 6.90. The van der Waals surface area contributed by atoms with Gasteiger partial charge in [-0.25, -0.2) is 0 Å². The minimum absolute atomic E-state index is 0.143. The van der Waals surface area contributed by atoms with Crippen LogP contribution in [0.15, 0.2) is 12.1 Å². The number of amidine groups is 1. The summed E-state index contributed by atoms with van der Waals surface area (Å²) in [5, 5.41) is 8.15. The third-order valence-electron chi connectivity index (χ3n) is 2.44. The number of aryl methyl sites for hydroxylation is 1. The van der Waals surface area contributed by atoms with E-state index in [0.29, 0.717) is 22.0 Å². The van der Waals surface area contributed by atoms with E-state index in [2.05, 4.69) is 0 Å². The van der Waals surface area contributed by atoms with Crippen LogP contribution in [0, 0.1) is 5.41 Å². The summed E-state index contributed by atoms with van der Waals surface area (Å²) in [6.45, 7) is 5.45. The highest BCUT2D eigenvalue weighted by atomic mass is 35.5. The number of halogens is 2. The summed E-state index contributed by atoms with van der Waals surface area (Å²) in [4.78, 5) is 11.7. The molecule has 1 aromatic carbocycles. The second-order valence-corrected chi connectivity index (χ2v) is 6.24. The van der Waals surface area contributed by atoms with Crippen LogP contribution in [0.2, 0.25) is 10.0 Å². The summed E-state index contributed by atoms with van der Waals surface area (Å²) in [6.07, 6.45) is 0.637. The number of nitrogens with one attached hydrogen (secondary N) is 1. The number of rotatable bonds is 4. The second-order valence-electron chi connectivity index (χ2n) is 5.42. The van der Waals surface area contributed by atoms with Crippen molar-refractivity contribution in [2.75, 3.05) is 0 Å². The fraction of sp³-hybridized carbons (Fsp3) is 0.429. The van der Waals surface area contributed by atoms with Gasteiger partial charge in [0.25, 0.3) is 0 Å². The van der Waals surface area contributed by atoms with Crippen LogP contribution in [0.3, 0.4) is 0 Å². The molecule has 0 saturated heterocycles. The lowest BCUT2D eigenvalue weighted by atomic mass is 10.1. The topological polar surface area (TPSA) is 76.2 Å². The van der Waals surface area contributed by atoms with Gasteiger partial charge in [-0.15, -0.1) is 0 Å². The number of carbonyl (C=O) groups excluding carboxylic acids is 1. The molecule has 110 valence electrons. The minimum atomic E-state index is -0.503. The average Bonchev–Trinajstić information content (AvgIpc) is 2.27. The van der Waals surface area contributed by atoms with Crippen LogP contribution in [0.25, 0.3) is 0 Å². The molecule has 0 aliphatic heterocycles. The number of esters is 1. The highest BCUT2D eigenvalue weighted by molar-refractivity contribution is 6.36. The van der Waals surface area contributed by atoms with Crippen molar-refractivity contribution in [3.63, 3.8) is 0 Å². The lowest BCUT2D eigenvalue weighted by molar-refractivity contribution is -0.154. The van der Waals surface area contributed by atoms with Crippen LogP contribution in [-0.2, 0) is 16.0 Å². The first kappa shape index (κ1) is 16.8. The van der Waals surface area contributed by atoms with Gasteiger partial charge in [-0.2, -0.15) is 0 Å². The summed E-state index contributed by atoms with van der Waals surface area (Å²) in [7, 11) is 0. The van der Waals surface area contributed by atoms with Crippen molar-refractivity contribution < 1.29 is 9.53 Å². The van der Waals surface area contributed by atoms with Crippen LogP contribution in [-0.4, -0.2) is 17.4 Å². The van der Waals surface area contributed by atoms with E-state index in [1.807, 2.05) is 20.8 Å². The van der Waals surface area contributed by atoms with Crippen LogP contribution in [0.1, 0.15) is 38.3 Å². The molecule has 1 rings (SSSR count). The molecule has 0 radical (unpaired) electrons. The summed E-state index contributed by atoms with van der Waals surface area (Å²) in [5.41, 5.74) is 6.00. The summed E-state index contributed by atoms with van der Waals surface area (Å²) < 4.78 is 5.22. The monoisotopic (exact) mass is 316 g/mol. The molecule has 0 amide bonds. The number of nitrogen functional groups attached to an aromatic ring is 1. The molecule has 0 aliphatic rings. The predicted octanol–water partition coefficient (Wildman–Crippen LogP) is 3.55. The van der Waals surface area contributed by atoms with E-state index in [9.17, 15) is 4.79 Å². The van der Waals surface area contributed by atoms with E-state index < -0.39 is 5.60 Å². The average molecular weight is 317 g/mol. The quantitative estimate of drug-likeness (QED) is 0.506. The van der Waals surface area contributed by atoms with E-state index in [-0.39, 0.29) is 18.2 Å². The van der Waals surface area contributed by atoms with E-state index >= 15 is 0 Å². The summed E-state index contributed by atoms with van der Waals surface area (Å²) in [5.74, 6) is -0.434. The molecule has 1 aromatic rings. The van der Waals surface area contributed by atoms with Crippen LogP contribution < -0.4 is 5.73 Å². The van der Waals surface area contributed by atoms with Crippen molar-refractivity contribution in [3.05, 3.63) is 33.3 Å². The van der Waals surface area contributed by atoms with E-state index in [1.54, 1.807) is 6.07 Å². The third-order valence-corrected chi connectivity index (χ3v) is 3.11. The van der Waals surface area contributed by atoms with Gasteiger partial charge in [0, 0.05) is 17.0 Å². The number of carbonyl (C=O) groups is 1. The van der Waals surface area contributed by atoms with Gasteiger partial charge in [0.1, 0.15) is 11.4 Å². The maximum absolute atomic E-state index is 11.7. The Morgan fingerprint density at radius 2 is 1.90 bits per heavy atom. The zero-order valence-electron chi connectivity index (χ0n) is 11.7. The van der Waals surface area contributed by atoms with Crippen LogP contribution in [0.5, 0.6) is 0 Å². The smallest absolute Gasteiger partial charge is 0.306 e. The minimum Gasteiger partial charge on any atom is -0.460 e. The summed E-state index contributed by atoms with van der Waals surface area (Å²) in [6, 6.07) is 3.17. The van der Waals surface area contributed by atoms with Gasteiger partial charge in [0.05, 0.1) is 5.02 Å². The second kappa shape index (κ2) is 6.46. The Balaban J connectivity index is 2.77. The lowest BCUT2D eigenvalue weighted by Gasteiger charge is -2.19. The zero-order valence-corrected chi connectivity index (χ0v) is 13.2. The van der Waals surface area contributed by atoms with Crippen molar-refractivity contribution in [1.82, 2.24) is 0 Å². The largest absolute Gasteiger partial charge is 0.460 e. The number of ether oxygens (including phenoxy) is 1. The predicted molar refractivity (Wildman–Crippen MR) is 81.6 cm³/mol. The van der Waals surface area contributed by atoms with Crippen molar-refractivity contribution in [1.29, 1.82) is 5.41 Å². The highest BCUT2D eigenvalue weighted by Crippen LogP contribution is 2.26. The number of hydrogen-bond donors (Lipinski definition) is 2. The molecule has 6 heteroatoms. The fourth-order valence-corrected chi connectivity index (χ4v) is 2.16. The molecule has 0 aliphatic carbocycles. The third kappa shape index (κ3) is 5.02. The Morgan fingerprint density at radius 3 is 2.40 bits per heavy atom. The first-order valence-electron chi connectivity index (χ1n) is 6.14. The molecule has 0 saturated carbocycles. The standard InChI is InChI=1S/C14H18Cl2N2O2/c1-14(2,3)20-12(19)5-4-8-6-11(16)9(13(17)18)7-10(8)15/h6-7H,4-5H2,1-3H3,(H3,17,18). The van der Waals surface area contributed by atoms with Gasteiger partial charge in [0.2, 0.25) is 0 Å². The van der Waals surface area contributed by atoms with Gasteiger partial charge in [-0.05, 0) is 44.9 Å². The fourth-order valence-electron chi connectivity index (χ4n) is 1.62. The Kier molecular flexibility index (Phi) is 5.42. The van der Waals surface area contributed by atoms with Gasteiger partial charge >= 0.3 is 5.97 Å². The van der Waals surface area contributed by atoms with Crippen molar-refractivity contribution in [3.8, 4) is 0 Å². The van der Waals surface area contributed by atoms with Gasteiger partial charge in [-0.1, -0.05) is 23.2 Å². The SMILES string of the molecule is CC(C)(C)OC(=O)CCc1cc(Cl)c(C(=N)N)cc1Cl. The van der Waals surface area contributed by atoms with E-state index in [1.165, 1.54) is 6.07 Å². The number of hydrogen-bond acceptors (Lipinski definition) is 3. The van der Waals surface area contributed by atoms with Crippen molar-refractivity contribution in [2.45, 2.75) is 39.2 Å². The molecule has 20 heavy (non-hydrogen) atoms. The molecule has 4 nitrogen and oxygen atoms in total. The maximum Gasteiger partial charge on any atom is 0.306 e. The molecule has 0 unspecified atom stereocenters. The zero-order chi connectivity index (χ0) is 15.5. The maximum atomic E-state index is 11.7. The van der Waals surface area contributed by atoms with Crippen LogP contribution >= 0.6 is 23.2 Å². The normalized spacial score (nSPS) is 11.2.